The summed E-state index contributed by atoms with van der Waals surface area (Å²) in [5.41, 5.74) is 1.98. The zero-order chi connectivity index (χ0) is 11.9. The fraction of sp³-hybridized carbons (Fsp3) is 0.600. The van der Waals surface area contributed by atoms with E-state index in [0.29, 0.717) is 5.41 Å². The van der Waals surface area contributed by atoms with Crippen molar-refractivity contribution in [2.24, 2.45) is 5.41 Å². The summed E-state index contributed by atoms with van der Waals surface area (Å²) in [5.74, 6) is 0. The second-order valence-electron chi connectivity index (χ2n) is 6.07. The van der Waals surface area contributed by atoms with Gasteiger partial charge in [0.1, 0.15) is 0 Å². The first-order valence-electron chi connectivity index (χ1n) is 6.64. The molecule has 2 atom stereocenters. The molecular weight excluding hydrogens is 208 g/mol. The normalized spacial score (nSPS) is 34.1. The maximum absolute atomic E-state index is 2.68. The molecular formula is C15H22N2. The molecule has 1 aromatic carbocycles. The molecule has 2 aliphatic heterocycles. The van der Waals surface area contributed by atoms with Crippen LogP contribution in [0.5, 0.6) is 0 Å². The van der Waals surface area contributed by atoms with Crippen molar-refractivity contribution in [3.63, 3.8) is 0 Å². The lowest BCUT2D eigenvalue weighted by atomic mass is 9.85. The topological polar surface area (TPSA) is 6.48 Å². The van der Waals surface area contributed by atoms with E-state index in [-0.39, 0.29) is 0 Å². The van der Waals surface area contributed by atoms with E-state index in [2.05, 4.69) is 54.1 Å². The molecule has 0 N–H and O–H groups in total. The Kier molecular flexibility index (Phi) is 2.72. The first-order chi connectivity index (χ1) is 8.17. The lowest BCUT2D eigenvalue weighted by Gasteiger charge is -2.28. The second-order valence-corrected chi connectivity index (χ2v) is 6.07. The third-order valence-electron chi connectivity index (χ3n) is 4.56. The van der Waals surface area contributed by atoms with Gasteiger partial charge in [-0.15, -0.1) is 0 Å². The van der Waals surface area contributed by atoms with Gasteiger partial charge in [-0.05, 0) is 31.0 Å². The zero-order valence-corrected chi connectivity index (χ0v) is 10.9. The predicted octanol–water partition coefficient (Wildman–Crippen LogP) is 2.21. The lowest BCUT2D eigenvalue weighted by molar-refractivity contribution is 0.205. The molecule has 2 aliphatic rings. The summed E-state index contributed by atoms with van der Waals surface area (Å²) in [6.45, 7) is 7.36. The third kappa shape index (κ3) is 2.00. The van der Waals surface area contributed by atoms with Crippen LogP contribution >= 0.6 is 0 Å². The van der Waals surface area contributed by atoms with Crippen LogP contribution in [0.25, 0.3) is 0 Å². The molecule has 0 bridgehead atoms. The number of likely N-dealkylation sites (N-methyl/N-ethyl adjacent to an activating group) is 1. The largest absolute Gasteiger partial charge is 0.304 e. The maximum atomic E-state index is 2.68. The molecule has 1 aromatic rings. The van der Waals surface area contributed by atoms with E-state index in [9.17, 15) is 0 Å². The quantitative estimate of drug-likeness (QED) is 0.768. The Balaban J connectivity index is 1.74. The monoisotopic (exact) mass is 230 g/mol. The minimum atomic E-state index is 0.531. The van der Waals surface area contributed by atoms with Crippen molar-refractivity contribution in [3.05, 3.63) is 35.9 Å². The average molecular weight is 230 g/mol. The van der Waals surface area contributed by atoms with Crippen LogP contribution in [-0.2, 0) is 6.54 Å². The number of nitrogens with zero attached hydrogens (tertiary/aromatic N) is 2. The van der Waals surface area contributed by atoms with Crippen LogP contribution in [0.15, 0.2) is 30.3 Å². The lowest BCUT2D eigenvalue weighted by Crippen LogP contribution is -2.37. The highest BCUT2D eigenvalue weighted by Crippen LogP contribution is 2.42. The van der Waals surface area contributed by atoms with E-state index in [1.807, 2.05) is 0 Å². The Morgan fingerprint density at radius 2 is 2.06 bits per heavy atom. The molecule has 0 amide bonds. The molecule has 2 heterocycles. The maximum Gasteiger partial charge on any atom is 0.0292 e. The molecule has 17 heavy (non-hydrogen) atoms. The van der Waals surface area contributed by atoms with Crippen LogP contribution in [0, 0.1) is 5.41 Å². The number of hydrogen-bond donors (Lipinski definition) is 0. The van der Waals surface area contributed by atoms with Crippen LogP contribution < -0.4 is 0 Å². The summed E-state index contributed by atoms with van der Waals surface area (Å²) < 4.78 is 0. The van der Waals surface area contributed by atoms with Gasteiger partial charge < -0.3 is 4.90 Å². The van der Waals surface area contributed by atoms with E-state index in [4.69, 9.17) is 0 Å². The molecule has 0 aliphatic carbocycles. The summed E-state index contributed by atoms with van der Waals surface area (Å²) in [7, 11) is 2.25. The van der Waals surface area contributed by atoms with E-state index in [0.717, 1.165) is 12.6 Å². The summed E-state index contributed by atoms with van der Waals surface area (Å²) >= 11 is 0. The molecule has 0 radical (unpaired) electrons. The van der Waals surface area contributed by atoms with Crippen molar-refractivity contribution >= 4 is 0 Å². The van der Waals surface area contributed by atoms with E-state index >= 15 is 0 Å². The van der Waals surface area contributed by atoms with E-state index in [1.165, 1.54) is 31.6 Å². The Morgan fingerprint density at radius 1 is 1.29 bits per heavy atom. The number of hydrogen-bond acceptors (Lipinski definition) is 2. The fourth-order valence-electron chi connectivity index (χ4n) is 3.67. The van der Waals surface area contributed by atoms with Gasteiger partial charge >= 0.3 is 0 Å². The van der Waals surface area contributed by atoms with Crippen molar-refractivity contribution in [1.29, 1.82) is 0 Å². The molecule has 2 unspecified atom stereocenters. The number of fused-ring (bicyclic) bond motifs is 1. The van der Waals surface area contributed by atoms with Crippen molar-refractivity contribution in [3.8, 4) is 0 Å². The minimum Gasteiger partial charge on any atom is -0.304 e. The van der Waals surface area contributed by atoms with Crippen molar-refractivity contribution in [2.75, 3.05) is 26.7 Å². The van der Waals surface area contributed by atoms with Gasteiger partial charge in [-0.2, -0.15) is 0 Å². The fourth-order valence-corrected chi connectivity index (χ4v) is 3.67. The highest BCUT2D eigenvalue weighted by atomic mass is 15.3. The standard InChI is InChI=1S/C15H22N2/c1-15-8-9-17(14(15)11-16(2)12-15)10-13-6-4-3-5-7-13/h3-7,14H,8-12H2,1-2H3. The Bertz CT molecular complexity index is 389. The van der Waals surface area contributed by atoms with Gasteiger partial charge in [0.05, 0.1) is 0 Å². The molecule has 2 heteroatoms. The summed E-state index contributed by atoms with van der Waals surface area (Å²) in [5, 5.41) is 0. The molecule has 0 spiro atoms. The van der Waals surface area contributed by atoms with Gasteiger partial charge in [0.2, 0.25) is 0 Å². The van der Waals surface area contributed by atoms with E-state index in [1.54, 1.807) is 0 Å². The summed E-state index contributed by atoms with van der Waals surface area (Å²) in [6, 6.07) is 11.6. The molecule has 2 saturated heterocycles. The highest BCUT2D eigenvalue weighted by molar-refractivity contribution is 5.16. The molecule has 92 valence electrons. The SMILES string of the molecule is CN1CC2N(Cc3ccccc3)CCC2(C)C1. The van der Waals surface area contributed by atoms with Gasteiger partial charge in [0.25, 0.3) is 0 Å². The summed E-state index contributed by atoms with van der Waals surface area (Å²) in [4.78, 5) is 5.17. The van der Waals surface area contributed by atoms with Gasteiger partial charge in [0.15, 0.2) is 0 Å². The molecule has 2 fully saturated rings. The zero-order valence-electron chi connectivity index (χ0n) is 10.9. The number of benzene rings is 1. The Morgan fingerprint density at radius 3 is 2.82 bits per heavy atom. The Labute approximate surface area is 104 Å². The molecule has 0 saturated carbocycles. The van der Waals surface area contributed by atoms with Crippen LogP contribution in [0.1, 0.15) is 18.9 Å². The van der Waals surface area contributed by atoms with Crippen molar-refractivity contribution in [2.45, 2.75) is 25.9 Å². The van der Waals surface area contributed by atoms with Crippen LogP contribution in [0.2, 0.25) is 0 Å². The van der Waals surface area contributed by atoms with Crippen LogP contribution in [0.3, 0.4) is 0 Å². The van der Waals surface area contributed by atoms with Gasteiger partial charge in [0, 0.05) is 25.7 Å². The summed E-state index contributed by atoms with van der Waals surface area (Å²) in [6.07, 6.45) is 1.36. The average Bonchev–Trinajstić information content (AvgIpc) is 2.75. The third-order valence-corrected chi connectivity index (χ3v) is 4.56. The smallest absolute Gasteiger partial charge is 0.0292 e. The molecule has 0 aromatic heterocycles. The first kappa shape index (κ1) is 11.2. The Hall–Kier alpha value is -0.860. The highest BCUT2D eigenvalue weighted by Gasteiger charge is 2.48. The van der Waals surface area contributed by atoms with Crippen molar-refractivity contribution in [1.82, 2.24) is 9.80 Å². The minimum absolute atomic E-state index is 0.531. The predicted molar refractivity (Wildman–Crippen MR) is 70.9 cm³/mol. The van der Waals surface area contributed by atoms with Gasteiger partial charge in [-0.1, -0.05) is 37.3 Å². The van der Waals surface area contributed by atoms with Gasteiger partial charge in [-0.3, -0.25) is 4.90 Å². The number of likely N-dealkylation sites (tertiary alicyclic amines) is 2. The van der Waals surface area contributed by atoms with Gasteiger partial charge in [-0.25, -0.2) is 0 Å². The molecule has 2 nitrogen and oxygen atoms in total. The second kappa shape index (κ2) is 4.11. The molecule has 3 rings (SSSR count). The van der Waals surface area contributed by atoms with E-state index < -0.39 is 0 Å². The first-order valence-corrected chi connectivity index (χ1v) is 6.64. The van der Waals surface area contributed by atoms with Crippen LogP contribution in [0.4, 0.5) is 0 Å². The number of rotatable bonds is 2. The van der Waals surface area contributed by atoms with Crippen molar-refractivity contribution < 1.29 is 0 Å². The van der Waals surface area contributed by atoms with Crippen LogP contribution in [-0.4, -0.2) is 42.5 Å².